The largest absolute Gasteiger partial charge is 0.478 e. The zero-order valence-electron chi connectivity index (χ0n) is 7.93. The van der Waals surface area contributed by atoms with Gasteiger partial charge in [-0.25, -0.2) is 4.79 Å². The van der Waals surface area contributed by atoms with Gasteiger partial charge in [-0.1, -0.05) is 0 Å². The fraction of sp³-hybridized carbons (Fsp3) is 0.111. The van der Waals surface area contributed by atoms with Gasteiger partial charge in [0.15, 0.2) is 0 Å². The molecule has 0 radical (unpaired) electrons. The molecular formula is C9H8N4O2. The summed E-state index contributed by atoms with van der Waals surface area (Å²) in [7, 11) is 0. The lowest BCUT2D eigenvalue weighted by atomic mass is 10.1. The minimum atomic E-state index is -1.04. The smallest absolute Gasteiger partial charge is 0.339 e. The van der Waals surface area contributed by atoms with Crippen molar-refractivity contribution in [2.45, 2.75) is 6.92 Å². The average molecular weight is 204 g/mol. The molecule has 0 aliphatic carbocycles. The van der Waals surface area contributed by atoms with E-state index in [0.717, 1.165) is 0 Å². The molecular weight excluding hydrogens is 196 g/mol. The Kier molecular flexibility index (Phi) is 2.17. The second-order valence-corrected chi connectivity index (χ2v) is 2.95. The number of aromatic carboxylic acids is 1. The Bertz CT molecular complexity index is 506. The quantitative estimate of drug-likeness (QED) is 0.757. The Hall–Kier alpha value is -2.24. The second kappa shape index (κ2) is 3.49. The van der Waals surface area contributed by atoms with E-state index in [1.807, 2.05) is 0 Å². The van der Waals surface area contributed by atoms with Crippen LogP contribution in [0.3, 0.4) is 0 Å². The Labute approximate surface area is 85.0 Å². The average Bonchev–Trinajstić information content (AvgIpc) is 2.67. The number of carboxylic acid groups (broad SMARTS) is 1. The summed E-state index contributed by atoms with van der Waals surface area (Å²) in [5.74, 6) is -1.04. The van der Waals surface area contributed by atoms with Crippen molar-refractivity contribution >= 4 is 5.97 Å². The van der Waals surface area contributed by atoms with Gasteiger partial charge in [-0.15, -0.1) is 0 Å². The second-order valence-electron chi connectivity index (χ2n) is 2.95. The van der Waals surface area contributed by atoms with Crippen LogP contribution < -0.4 is 0 Å². The van der Waals surface area contributed by atoms with Gasteiger partial charge >= 0.3 is 5.97 Å². The fourth-order valence-electron chi connectivity index (χ4n) is 1.28. The molecule has 2 N–H and O–H groups in total. The molecule has 0 fully saturated rings. The van der Waals surface area contributed by atoms with Crippen LogP contribution in [0.5, 0.6) is 0 Å². The van der Waals surface area contributed by atoms with Crippen LogP contribution in [-0.4, -0.2) is 31.2 Å². The molecule has 76 valence electrons. The van der Waals surface area contributed by atoms with E-state index in [-0.39, 0.29) is 5.56 Å². The monoisotopic (exact) mass is 204 g/mol. The molecule has 6 nitrogen and oxygen atoms in total. The third-order valence-corrected chi connectivity index (χ3v) is 1.99. The van der Waals surface area contributed by atoms with Crippen LogP contribution in [0.25, 0.3) is 11.4 Å². The number of aromatic nitrogens is 4. The molecule has 6 heteroatoms. The van der Waals surface area contributed by atoms with Gasteiger partial charge in [-0.05, 0) is 6.92 Å². The van der Waals surface area contributed by atoms with Crippen LogP contribution in [0, 0.1) is 6.92 Å². The highest BCUT2D eigenvalue weighted by molar-refractivity contribution is 5.94. The molecule has 0 aromatic carbocycles. The highest BCUT2D eigenvalue weighted by Crippen LogP contribution is 2.20. The third kappa shape index (κ3) is 1.56. The van der Waals surface area contributed by atoms with E-state index < -0.39 is 5.97 Å². The predicted molar refractivity (Wildman–Crippen MR) is 51.3 cm³/mol. The van der Waals surface area contributed by atoms with E-state index in [2.05, 4.69) is 20.2 Å². The summed E-state index contributed by atoms with van der Waals surface area (Å²) < 4.78 is 0. The van der Waals surface area contributed by atoms with Gasteiger partial charge in [0, 0.05) is 12.4 Å². The Balaban J connectivity index is 2.59. The number of carbonyl (C=O) groups is 1. The summed E-state index contributed by atoms with van der Waals surface area (Å²) in [5.41, 5.74) is 1.64. The van der Waals surface area contributed by atoms with E-state index in [9.17, 15) is 4.79 Å². The van der Waals surface area contributed by atoms with Crippen LogP contribution in [0.15, 0.2) is 18.6 Å². The fourth-order valence-corrected chi connectivity index (χ4v) is 1.28. The Morgan fingerprint density at radius 3 is 2.80 bits per heavy atom. The first-order chi connectivity index (χ1) is 7.20. The van der Waals surface area contributed by atoms with Crippen molar-refractivity contribution in [1.82, 2.24) is 20.2 Å². The molecule has 0 saturated carbocycles. The van der Waals surface area contributed by atoms with E-state index in [1.165, 1.54) is 12.4 Å². The number of H-pyrrole nitrogens is 1. The van der Waals surface area contributed by atoms with Gasteiger partial charge in [0.1, 0.15) is 11.3 Å². The summed E-state index contributed by atoms with van der Waals surface area (Å²) >= 11 is 0. The SMILES string of the molecule is Cc1nccnc1-c1[nH]ncc1C(=O)O. The molecule has 2 rings (SSSR count). The standard InChI is InChI=1S/C9H8N4O2/c1-5-7(11-3-2-10-5)8-6(9(14)15)4-12-13-8/h2-4H,1H3,(H,12,13)(H,14,15). The first kappa shape index (κ1) is 9.32. The molecule has 2 heterocycles. The number of hydrogen-bond donors (Lipinski definition) is 2. The summed E-state index contributed by atoms with van der Waals surface area (Å²) in [5, 5.41) is 15.2. The lowest BCUT2D eigenvalue weighted by Crippen LogP contribution is -1.99. The molecule has 0 aliphatic heterocycles. The summed E-state index contributed by atoms with van der Waals surface area (Å²) in [4.78, 5) is 19.0. The maximum absolute atomic E-state index is 10.9. The molecule has 0 bridgehead atoms. The van der Waals surface area contributed by atoms with Crippen molar-refractivity contribution in [1.29, 1.82) is 0 Å². The maximum atomic E-state index is 10.9. The molecule has 2 aromatic rings. The molecule has 0 amide bonds. The number of hydrogen-bond acceptors (Lipinski definition) is 4. The van der Waals surface area contributed by atoms with Gasteiger partial charge in [0.2, 0.25) is 0 Å². The highest BCUT2D eigenvalue weighted by atomic mass is 16.4. The van der Waals surface area contributed by atoms with Crippen molar-refractivity contribution in [3.05, 3.63) is 29.8 Å². The topological polar surface area (TPSA) is 91.8 Å². The summed E-state index contributed by atoms with van der Waals surface area (Å²) in [6.45, 7) is 1.76. The number of carboxylic acids is 1. The van der Waals surface area contributed by atoms with Crippen molar-refractivity contribution in [2.24, 2.45) is 0 Å². The van der Waals surface area contributed by atoms with Gasteiger partial charge < -0.3 is 5.11 Å². The predicted octanol–water partition coefficient (Wildman–Crippen LogP) is 0.873. The molecule has 0 atom stereocenters. The zero-order valence-corrected chi connectivity index (χ0v) is 7.93. The number of aryl methyl sites for hydroxylation is 1. The van der Waals surface area contributed by atoms with E-state index in [4.69, 9.17) is 5.11 Å². The number of aromatic amines is 1. The number of nitrogens with zero attached hydrogens (tertiary/aromatic N) is 3. The van der Waals surface area contributed by atoms with Crippen LogP contribution in [0.1, 0.15) is 16.1 Å². The van der Waals surface area contributed by atoms with Crippen LogP contribution in [-0.2, 0) is 0 Å². The van der Waals surface area contributed by atoms with Crippen LogP contribution in [0.2, 0.25) is 0 Å². The Morgan fingerprint density at radius 2 is 2.13 bits per heavy atom. The minimum Gasteiger partial charge on any atom is -0.478 e. The van der Waals surface area contributed by atoms with Gasteiger partial charge in [0.05, 0.1) is 17.6 Å². The summed E-state index contributed by atoms with van der Waals surface area (Å²) in [6, 6.07) is 0. The number of rotatable bonds is 2. The molecule has 15 heavy (non-hydrogen) atoms. The lowest BCUT2D eigenvalue weighted by Gasteiger charge is -2.01. The van der Waals surface area contributed by atoms with Crippen LogP contribution in [0.4, 0.5) is 0 Å². The molecule has 0 unspecified atom stereocenters. The van der Waals surface area contributed by atoms with Gasteiger partial charge in [0.25, 0.3) is 0 Å². The van der Waals surface area contributed by atoms with Crippen LogP contribution >= 0.6 is 0 Å². The number of nitrogens with one attached hydrogen (secondary N) is 1. The van der Waals surface area contributed by atoms with E-state index >= 15 is 0 Å². The zero-order chi connectivity index (χ0) is 10.8. The van der Waals surface area contributed by atoms with Crippen molar-refractivity contribution in [2.75, 3.05) is 0 Å². The summed E-state index contributed by atoms with van der Waals surface area (Å²) in [6.07, 6.45) is 4.32. The molecule has 0 spiro atoms. The normalized spacial score (nSPS) is 10.2. The van der Waals surface area contributed by atoms with Crippen molar-refractivity contribution < 1.29 is 9.90 Å². The third-order valence-electron chi connectivity index (χ3n) is 1.99. The van der Waals surface area contributed by atoms with Crippen molar-refractivity contribution in [3.63, 3.8) is 0 Å². The highest BCUT2D eigenvalue weighted by Gasteiger charge is 2.16. The van der Waals surface area contributed by atoms with Gasteiger partial charge in [-0.3, -0.25) is 15.1 Å². The lowest BCUT2D eigenvalue weighted by molar-refractivity contribution is 0.0698. The first-order valence-corrected chi connectivity index (χ1v) is 4.25. The van der Waals surface area contributed by atoms with Gasteiger partial charge in [-0.2, -0.15) is 5.10 Å². The van der Waals surface area contributed by atoms with E-state index in [0.29, 0.717) is 17.1 Å². The first-order valence-electron chi connectivity index (χ1n) is 4.25. The molecule has 2 aromatic heterocycles. The maximum Gasteiger partial charge on any atom is 0.339 e. The molecule has 0 aliphatic rings. The minimum absolute atomic E-state index is 0.0959. The van der Waals surface area contributed by atoms with E-state index in [1.54, 1.807) is 13.1 Å². The Morgan fingerprint density at radius 1 is 1.40 bits per heavy atom. The molecule has 0 saturated heterocycles. The van der Waals surface area contributed by atoms with Crippen molar-refractivity contribution in [3.8, 4) is 11.4 Å².